The summed E-state index contributed by atoms with van der Waals surface area (Å²) < 4.78 is 27.0. The van der Waals surface area contributed by atoms with E-state index in [1.54, 1.807) is 0 Å². The zero-order chi connectivity index (χ0) is 15.3. The second-order valence-corrected chi connectivity index (χ2v) is 9.06. The molecule has 0 bridgehead atoms. The lowest BCUT2D eigenvalue weighted by molar-refractivity contribution is 0.190. The Kier molecular flexibility index (Phi) is 6.43. The lowest BCUT2D eigenvalue weighted by Gasteiger charge is -2.31. The quantitative estimate of drug-likeness (QED) is 0.767. The summed E-state index contributed by atoms with van der Waals surface area (Å²) in [5, 5.41) is 0. The lowest BCUT2D eigenvalue weighted by atomic mass is 9.94. The summed E-state index contributed by atoms with van der Waals surface area (Å²) in [7, 11) is -1.33. The monoisotopic (exact) mass is 351 g/mol. The third-order valence-corrected chi connectivity index (χ3v) is 6.94. The van der Waals surface area contributed by atoms with Crippen LogP contribution in [-0.4, -0.2) is 44.5 Å². The molecule has 0 aromatic carbocycles. The van der Waals surface area contributed by atoms with Crippen LogP contribution < -0.4 is 4.72 Å². The van der Waals surface area contributed by atoms with Crippen molar-refractivity contribution in [1.82, 2.24) is 14.6 Å². The second-order valence-electron chi connectivity index (χ2n) is 5.46. The molecule has 5 nitrogen and oxygen atoms in total. The lowest BCUT2D eigenvalue weighted by Crippen LogP contribution is -2.35. The molecule has 1 aliphatic carbocycles. The molecule has 1 aromatic heterocycles. The minimum Gasteiger partial charge on any atom is -0.303 e. The van der Waals surface area contributed by atoms with Crippen LogP contribution in [-0.2, 0) is 10.0 Å². The Bertz CT molecular complexity index is 541. The third-order valence-electron chi connectivity index (χ3n) is 3.90. The van der Waals surface area contributed by atoms with Crippen molar-refractivity contribution in [3.05, 3.63) is 10.7 Å². The van der Waals surface area contributed by atoms with E-state index in [1.807, 2.05) is 0 Å². The highest BCUT2D eigenvalue weighted by Gasteiger charge is 2.19. The van der Waals surface area contributed by atoms with Crippen LogP contribution in [0.25, 0.3) is 0 Å². The van der Waals surface area contributed by atoms with Gasteiger partial charge in [-0.2, -0.15) is 0 Å². The Morgan fingerprint density at radius 1 is 1.43 bits per heavy atom. The molecular formula is C13H22ClN3O2S2. The molecule has 1 aliphatic rings. The molecule has 21 heavy (non-hydrogen) atoms. The fourth-order valence-corrected chi connectivity index (χ4v) is 5.09. The summed E-state index contributed by atoms with van der Waals surface area (Å²) in [6.07, 6.45) is 8.61. The number of nitrogens with one attached hydrogen (secondary N) is 1. The summed E-state index contributed by atoms with van der Waals surface area (Å²) >= 11 is 6.64. The van der Waals surface area contributed by atoms with Gasteiger partial charge in [0.15, 0.2) is 8.68 Å². The molecule has 1 heterocycles. The summed E-state index contributed by atoms with van der Waals surface area (Å²) in [4.78, 5) is 6.12. The molecule has 0 spiro atoms. The Balaban J connectivity index is 1.71. The standard InChI is InChI=1S/C13H22ClN3O2S2/c1-17(11-6-3-2-4-7-11)9-5-8-16-21(18,19)12-10-15-13(14)20-12/h10-11,16H,2-9H2,1H3. The van der Waals surface area contributed by atoms with Crippen molar-refractivity contribution < 1.29 is 8.42 Å². The summed E-state index contributed by atoms with van der Waals surface area (Å²) in [6.45, 7) is 1.35. The van der Waals surface area contributed by atoms with E-state index in [1.165, 1.54) is 38.3 Å². The highest BCUT2D eigenvalue weighted by atomic mass is 35.5. The van der Waals surface area contributed by atoms with Gasteiger partial charge in [-0.05, 0) is 32.9 Å². The summed E-state index contributed by atoms with van der Waals surface area (Å²) in [5.74, 6) is 0. The molecule has 1 aromatic rings. The Labute approximate surface area is 135 Å². The fourth-order valence-electron chi connectivity index (χ4n) is 2.67. The van der Waals surface area contributed by atoms with E-state index in [9.17, 15) is 8.42 Å². The van der Waals surface area contributed by atoms with Gasteiger partial charge in [-0.15, -0.1) is 0 Å². The highest BCUT2D eigenvalue weighted by molar-refractivity contribution is 7.91. The van der Waals surface area contributed by atoms with Crippen molar-refractivity contribution in [3.8, 4) is 0 Å². The first kappa shape index (κ1) is 17.1. The van der Waals surface area contributed by atoms with Gasteiger partial charge < -0.3 is 4.90 Å². The SMILES string of the molecule is CN(CCCNS(=O)(=O)c1cnc(Cl)s1)C1CCCCC1. The Morgan fingerprint density at radius 2 is 2.14 bits per heavy atom. The molecule has 120 valence electrons. The normalized spacial score (nSPS) is 17.5. The van der Waals surface area contributed by atoms with Gasteiger partial charge in [0.05, 0.1) is 6.20 Å². The highest BCUT2D eigenvalue weighted by Crippen LogP contribution is 2.23. The number of hydrogen-bond donors (Lipinski definition) is 1. The van der Waals surface area contributed by atoms with Gasteiger partial charge >= 0.3 is 0 Å². The summed E-state index contributed by atoms with van der Waals surface area (Å²) in [5.41, 5.74) is 0. The molecule has 0 saturated heterocycles. The van der Waals surface area contributed by atoms with Gasteiger partial charge in [0.1, 0.15) is 0 Å². The number of thiazole rings is 1. The number of hydrogen-bond acceptors (Lipinski definition) is 5. The minimum absolute atomic E-state index is 0.174. The van der Waals surface area contributed by atoms with Gasteiger partial charge in [0, 0.05) is 12.6 Å². The van der Waals surface area contributed by atoms with Crippen LogP contribution in [0.2, 0.25) is 4.47 Å². The topological polar surface area (TPSA) is 62.3 Å². The number of nitrogens with zero attached hydrogens (tertiary/aromatic N) is 2. The van der Waals surface area contributed by atoms with Crippen LogP contribution in [0, 0.1) is 0 Å². The molecule has 8 heteroatoms. The van der Waals surface area contributed by atoms with Crippen LogP contribution in [0.15, 0.2) is 10.4 Å². The first-order chi connectivity index (χ1) is 9.99. The molecule has 0 unspecified atom stereocenters. The number of rotatable bonds is 7. The average Bonchev–Trinajstić information content (AvgIpc) is 2.92. The van der Waals surface area contributed by atoms with E-state index in [-0.39, 0.29) is 8.68 Å². The van der Waals surface area contributed by atoms with Gasteiger partial charge in [0.25, 0.3) is 10.0 Å². The second kappa shape index (κ2) is 7.87. The van der Waals surface area contributed by atoms with Gasteiger partial charge in [-0.25, -0.2) is 18.1 Å². The van der Waals surface area contributed by atoms with E-state index in [0.717, 1.165) is 24.3 Å². The maximum atomic E-state index is 12.0. The van der Waals surface area contributed by atoms with Crippen LogP contribution in [0.4, 0.5) is 0 Å². The molecule has 1 fully saturated rings. The predicted octanol–water partition coefficient (Wildman–Crippen LogP) is 2.73. The molecule has 2 rings (SSSR count). The van der Waals surface area contributed by atoms with E-state index in [2.05, 4.69) is 21.7 Å². The van der Waals surface area contributed by atoms with Crippen molar-refractivity contribution in [2.24, 2.45) is 0 Å². The molecule has 0 aliphatic heterocycles. The first-order valence-electron chi connectivity index (χ1n) is 7.30. The van der Waals surface area contributed by atoms with Gasteiger partial charge in [0.2, 0.25) is 0 Å². The molecule has 0 atom stereocenters. The molecule has 1 saturated carbocycles. The minimum atomic E-state index is -3.46. The Hall–Kier alpha value is -0.210. The summed E-state index contributed by atoms with van der Waals surface area (Å²) in [6, 6.07) is 0.663. The molecule has 1 N–H and O–H groups in total. The van der Waals surface area contributed by atoms with Gasteiger partial charge in [-0.3, -0.25) is 0 Å². The zero-order valence-electron chi connectivity index (χ0n) is 12.2. The fraction of sp³-hybridized carbons (Fsp3) is 0.769. The average molecular weight is 352 g/mol. The van der Waals surface area contributed by atoms with Crippen LogP contribution in [0.3, 0.4) is 0 Å². The van der Waals surface area contributed by atoms with Crippen molar-refractivity contribution in [2.45, 2.75) is 48.8 Å². The van der Waals surface area contributed by atoms with Crippen molar-refractivity contribution in [3.63, 3.8) is 0 Å². The van der Waals surface area contributed by atoms with Crippen molar-refractivity contribution in [2.75, 3.05) is 20.1 Å². The van der Waals surface area contributed by atoms with Crippen molar-refractivity contribution >= 4 is 33.0 Å². The number of halogens is 1. The third kappa shape index (κ3) is 5.17. The van der Waals surface area contributed by atoms with Crippen molar-refractivity contribution in [1.29, 1.82) is 0 Å². The van der Waals surface area contributed by atoms with E-state index in [4.69, 9.17) is 11.6 Å². The Morgan fingerprint density at radius 3 is 2.76 bits per heavy atom. The smallest absolute Gasteiger partial charge is 0.251 e. The van der Waals surface area contributed by atoms with Crippen LogP contribution in [0.5, 0.6) is 0 Å². The largest absolute Gasteiger partial charge is 0.303 e. The molecular weight excluding hydrogens is 330 g/mol. The van der Waals surface area contributed by atoms with E-state index in [0.29, 0.717) is 12.6 Å². The van der Waals surface area contributed by atoms with Crippen LogP contribution in [0.1, 0.15) is 38.5 Å². The predicted molar refractivity (Wildman–Crippen MR) is 86.4 cm³/mol. The maximum absolute atomic E-state index is 12.0. The zero-order valence-corrected chi connectivity index (χ0v) is 14.6. The maximum Gasteiger partial charge on any atom is 0.251 e. The van der Waals surface area contributed by atoms with Crippen LogP contribution >= 0.6 is 22.9 Å². The van der Waals surface area contributed by atoms with E-state index >= 15 is 0 Å². The number of sulfonamides is 1. The molecule has 0 amide bonds. The van der Waals surface area contributed by atoms with E-state index < -0.39 is 10.0 Å². The number of aromatic nitrogens is 1. The first-order valence-corrected chi connectivity index (χ1v) is 9.98. The molecule has 0 radical (unpaired) electrons. The van der Waals surface area contributed by atoms with Gasteiger partial charge in [-0.1, -0.05) is 42.2 Å².